The van der Waals surface area contributed by atoms with E-state index in [4.69, 9.17) is 4.98 Å². The normalized spacial score (nSPS) is 11.8. The number of aryl methyl sites for hydroxylation is 3. The van der Waals surface area contributed by atoms with Crippen LogP contribution in [0.25, 0.3) is 44.8 Å². The molecular weight excluding hydrogens is 833 g/mol. The van der Waals surface area contributed by atoms with Crippen LogP contribution < -0.4 is 32.8 Å². The maximum Gasteiger partial charge on any atom is 2.00 e. The first-order valence-electron chi connectivity index (χ1n) is 18.3. The van der Waals surface area contributed by atoms with Crippen LogP contribution >= 0.6 is 0 Å². The molecule has 0 unspecified atom stereocenters. The van der Waals surface area contributed by atoms with Gasteiger partial charge in [0.05, 0.1) is 0 Å². The van der Waals surface area contributed by atoms with Crippen molar-refractivity contribution in [3.05, 3.63) is 193 Å². The van der Waals surface area contributed by atoms with Gasteiger partial charge in [-0.3, -0.25) is 0 Å². The minimum atomic E-state index is 0. The summed E-state index contributed by atoms with van der Waals surface area (Å²) >= 11 is 0. The predicted molar refractivity (Wildman–Crippen MR) is 224 cm³/mol. The molecule has 2 aliphatic heterocycles. The molecule has 8 aromatic rings. The Morgan fingerprint density at radius 2 is 0.889 bits per heavy atom. The molecule has 258 valence electrons. The van der Waals surface area contributed by atoms with E-state index in [2.05, 4.69) is 177 Å². The van der Waals surface area contributed by atoms with E-state index in [0.29, 0.717) is 0 Å². The van der Waals surface area contributed by atoms with Gasteiger partial charge in [-0.25, -0.2) is 0 Å². The van der Waals surface area contributed by atoms with Crippen molar-refractivity contribution in [3.63, 3.8) is 0 Å². The van der Waals surface area contributed by atoms with Gasteiger partial charge in [-0.1, -0.05) is 176 Å². The number of rotatable bonds is 4. The van der Waals surface area contributed by atoms with Gasteiger partial charge in [-0.05, 0) is 44.3 Å². The van der Waals surface area contributed by atoms with Crippen LogP contribution in [0, 0.1) is 32.9 Å². The van der Waals surface area contributed by atoms with Gasteiger partial charge in [0.15, 0.2) is 13.4 Å². The maximum atomic E-state index is 4.72. The number of pyridine rings is 2. The molecule has 10 rings (SSSR count). The molecule has 2 aliphatic rings. The van der Waals surface area contributed by atoms with Gasteiger partial charge >= 0.3 is 21.1 Å². The third kappa shape index (κ3) is 6.40. The summed E-state index contributed by atoms with van der Waals surface area (Å²) < 4.78 is 0. The van der Waals surface area contributed by atoms with E-state index in [9.17, 15) is 0 Å². The Morgan fingerprint density at radius 3 is 1.39 bits per heavy atom. The minimum Gasteiger partial charge on any atom is -0.305 e. The molecule has 0 N–H and O–H groups in total. The topological polar surface area (TPSA) is 25.8 Å². The Balaban J connectivity index is 0.000000151. The van der Waals surface area contributed by atoms with Crippen LogP contribution in [0.5, 0.6) is 0 Å². The van der Waals surface area contributed by atoms with Crippen molar-refractivity contribution in [2.24, 2.45) is 0 Å². The maximum absolute atomic E-state index is 4.72. The standard InChI is InChI=1S/C26H21BN.C23H15BN.Pt/c1-17-14-18(2)25(19(3)15-17)27-23-10-7-13-28-26(23)22-12-11-21(16-24(22)27)20-8-5-4-6-9-20;1-3-8-17(9-4-1)18-13-14-20-22(16-18)24(19-10-5-2-6-11-19)21-12-7-15-25-23(20)21;/h4-11,13-16H,1-3H3;1-13,15-16H;/q2*-1;+2. The molecule has 2 nitrogen and oxygen atoms in total. The van der Waals surface area contributed by atoms with Crippen molar-refractivity contribution in [2.75, 3.05) is 0 Å². The summed E-state index contributed by atoms with van der Waals surface area (Å²) in [6.07, 6.45) is 3.76. The van der Waals surface area contributed by atoms with E-state index in [1.807, 2.05) is 24.5 Å². The Bertz CT molecular complexity index is 2590. The van der Waals surface area contributed by atoms with Crippen molar-refractivity contribution in [1.82, 2.24) is 9.97 Å². The van der Waals surface area contributed by atoms with Crippen LogP contribution in [0.15, 0.2) is 164 Å². The molecule has 0 saturated carbocycles. The van der Waals surface area contributed by atoms with E-state index in [0.717, 1.165) is 22.5 Å². The van der Waals surface area contributed by atoms with Crippen molar-refractivity contribution in [1.29, 1.82) is 0 Å². The Kier molecular flexibility index (Phi) is 9.89. The fourth-order valence-electron chi connectivity index (χ4n) is 8.51. The molecule has 0 saturated heterocycles. The van der Waals surface area contributed by atoms with Crippen molar-refractivity contribution >= 4 is 46.2 Å². The number of aromatic nitrogens is 2. The Hall–Kier alpha value is -5.56. The first kappa shape index (κ1) is 35.5. The molecule has 0 radical (unpaired) electrons. The third-order valence-electron chi connectivity index (χ3n) is 10.7. The summed E-state index contributed by atoms with van der Waals surface area (Å²) in [5.74, 6) is 0. The van der Waals surface area contributed by atoms with Gasteiger partial charge in [-0.2, -0.15) is 0 Å². The molecule has 54 heavy (non-hydrogen) atoms. The average Bonchev–Trinajstić information content (AvgIpc) is 3.71. The second kappa shape index (κ2) is 15.1. The molecule has 4 heterocycles. The Morgan fingerprint density at radius 1 is 0.444 bits per heavy atom. The van der Waals surface area contributed by atoms with E-state index < -0.39 is 0 Å². The number of hydrogen-bond acceptors (Lipinski definition) is 2. The molecular formula is C49H36B2N2Pt. The van der Waals surface area contributed by atoms with Gasteiger partial charge in [0.2, 0.25) is 0 Å². The first-order chi connectivity index (χ1) is 26.0. The molecule has 2 aromatic heterocycles. The second-order valence-corrected chi connectivity index (χ2v) is 14.1. The van der Waals surface area contributed by atoms with Crippen LogP contribution in [0.4, 0.5) is 0 Å². The SMILES string of the molecule is Cc1cc(C)c(B2c3cc(-c4ccccc4)c[c-]c3-c3ncccc32)c(C)c1.[Pt+2].[c-]1cc(-c2ccccc2)cc2c1-c1ncccc1B2c1ccccc1. The first-order valence-corrected chi connectivity index (χ1v) is 18.3. The van der Waals surface area contributed by atoms with E-state index in [1.54, 1.807) is 0 Å². The van der Waals surface area contributed by atoms with Crippen LogP contribution in [0.1, 0.15) is 16.7 Å². The summed E-state index contributed by atoms with van der Waals surface area (Å²) in [5.41, 5.74) is 21.1. The van der Waals surface area contributed by atoms with Gasteiger partial charge in [0.1, 0.15) is 0 Å². The third-order valence-corrected chi connectivity index (χ3v) is 10.7. The van der Waals surface area contributed by atoms with Crippen LogP contribution in [-0.2, 0) is 21.1 Å². The van der Waals surface area contributed by atoms with Gasteiger partial charge < -0.3 is 9.97 Å². The van der Waals surface area contributed by atoms with Crippen molar-refractivity contribution in [3.8, 4) is 44.8 Å². The van der Waals surface area contributed by atoms with Crippen LogP contribution in [0.3, 0.4) is 0 Å². The zero-order chi connectivity index (χ0) is 35.9. The smallest absolute Gasteiger partial charge is 0.305 e. The van der Waals surface area contributed by atoms with Crippen LogP contribution in [-0.4, -0.2) is 23.4 Å². The molecule has 0 atom stereocenters. The fourth-order valence-corrected chi connectivity index (χ4v) is 8.51. The summed E-state index contributed by atoms with van der Waals surface area (Å²) in [7, 11) is 0. The molecule has 0 spiro atoms. The zero-order valence-electron chi connectivity index (χ0n) is 30.5. The van der Waals surface area contributed by atoms with Gasteiger partial charge in [0, 0.05) is 12.4 Å². The molecule has 5 heteroatoms. The van der Waals surface area contributed by atoms with Crippen molar-refractivity contribution in [2.45, 2.75) is 20.8 Å². The van der Waals surface area contributed by atoms with Gasteiger partial charge in [-0.15, -0.1) is 58.5 Å². The number of hydrogen-bond donors (Lipinski definition) is 0. The average molecular weight is 870 g/mol. The summed E-state index contributed by atoms with van der Waals surface area (Å²) in [5, 5.41) is 0. The number of benzene rings is 6. The predicted octanol–water partition coefficient (Wildman–Crippen LogP) is 7.01. The number of nitrogens with zero attached hydrogens (tertiary/aromatic N) is 2. The largest absolute Gasteiger partial charge is 2.00 e. The minimum absolute atomic E-state index is 0. The molecule has 0 amide bonds. The molecule has 0 aliphatic carbocycles. The number of fused-ring (bicyclic) bond motifs is 6. The van der Waals surface area contributed by atoms with Gasteiger partial charge in [0.25, 0.3) is 0 Å². The monoisotopic (exact) mass is 869 g/mol. The van der Waals surface area contributed by atoms with Crippen LogP contribution in [0.2, 0.25) is 0 Å². The molecule has 0 bridgehead atoms. The Labute approximate surface area is 333 Å². The molecule has 6 aromatic carbocycles. The summed E-state index contributed by atoms with van der Waals surface area (Å²) in [4.78, 5) is 9.37. The zero-order valence-corrected chi connectivity index (χ0v) is 32.7. The molecule has 0 fully saturated rings. The fraction of sp³-hybridized carbons (Fsp3) is 0.0612. The summed E-state index contributed by atoms with van der Waals surface area (Å²) in [6.45, 7) is 7.06. The van der Waals surface area contributed by atoms with E-state index >= 15 is 0 Å². The van der Waals surface area contributed by atoms with Crippen molar-refractivity contribution < 1.29 is 21.1 Å². The quantitative estimate of drug-likeness (QED) is 0.141. The van der Waals surface area contributed by atoms with E-state index in [1.165, 1.54) is 71.7 Å². The summed E-state index contributed by atoms with van der Waals surface area (Å²) in [6, 6.07) is 60.7. The second-order valence-electron chi connectivity index (χ2n) is 14.1. The van der Waals surface area contributed by atoms with E-state index in [-0.39, 0.29) is 34.5 Å².